The Morgan fingerprint density at radius 3 is 2.94 bits per heavy atom. The molecule has 0 aromatic heterocycles. The van der Waals surface area contributed by atoms with Gasteiger partial charge in [0.05, 0.1) is 0 Å². The molecule has 7 nitrogen and oxygen atoms in total. The van der Waals surface area contributed by atoms with E-state index in [1.165, 1.54) is 0 Å². The quantitative estimate of drug-likeness (QED) is 0.544. The average Bonchev–Trinajstić information content (AvgIpc) is 2.78. The van der Waals surface area contributed by atoms with Crippen LogP contribution in [0.3, 0.4) is 0 Å². The summed E-state index contributed by atoms with van der Waals surface area (Å²) >= 11 is 0. The SMILES string of the molecule is NN1OC(=O)N2C(CCCCC(=O)O)CCC12. The summed E-state index contributed by atoms with van der Waals surface area (Å²) < 4.78 is 0. The van der Waals surface area contributed by atoms with E-state index in [2.05, 4.69) is 0 Å². The number of aliphatic carboxylic acids is 1. The largest absolute Gasteiger partial charge is 0.481 e. The van der Waals surface area contributed by atoms with Crippen molar-refractivity contribution < 1.29 is 19.5 Å². The van der Waals surface area contributed by atoms with Crippen molar-refractivity contribution in [3.05, 3.63) is 0 Å². The molecule has 2 heterocycles. The summed E-state index contributed by atoms with van der Waals surface area (Å²) in [7, 11) is 0. The molecule has 17 heavy (non-hydrogen) atoms. The van der Waals surface area contributed by atoms with Crippen LogP contribution >= 0.6 is 0 Å². The minimum Gasteiger partial charge on any atom is -0.481 e. The van der Waals surface area contributed by atoms with Crippen LogP contribution in [-0.4, -0.2) is 39.4 Å². The summed E-state index contributed by atoms with van der Waals surface area (Å²) in [5.41, 5.74) is 0. The lowest BCUT2D eigenvalue weighted by Crippen LogP contribution is -2.40. The van der Waals surface area contributed by atoms with Crippen molar-refractivity contribution in [3.8, 4) is 0 Å². The van der Waals surface area contributed by atoms with Gasteiger partial charge in [-0.25, -0.2) is 10.6 Å². The molecule has 0 spiro atoms. The molecule has 0 aliphatic carbocycles. The highest BCUT2D eigenvalue weighted by atomic mass is 16.8. The smallest absolute Gasteiger partial charge is 0.431 e. The van der Waals surface area contributed by atoms with Gasteiger partial charge < -0.3 is 9.94 Å². The normalized spacial score (nSPS) is 28.3. The Hall–Kier alpha value is -1.34. The number of carboxylic acids is 1. The van der Waals surface area contributed by atoms with E-state index in [4.69, 9.17) is 15.8 Å². The van der Waals surface area contributed by atoms with Crippen molar-refractivity contribution in [1.82, 2.24) is 10.1 Å². The molecule has 96 valence electrons. The fourth-order valence-corrected chi connectivity index (χ4v) is 2.52. The average molecular weight is 243 g/mol. The molecule has 2 aliphatic rings. The molecular formula is C10H17N3O4. The molecule has 0 radical (unpaired) electrons. The van der Waals surface area contributed by atoms with Gasteiger partial charge in [-0.3, -0.25) is 9.69 Å². The van der Waals surface area contributed by atoms with Crippen LogP contribution in [0.4, 0.5) is 4.79 Å². The fraction of sp³-hybridized carbons (Fsp3) is 0.800. The number of rotatable bonds is 5. The molecule has 0 aromatic rings. The Kier molecular flexibility index (Phi) is 3.49. The molecule has 1 amide bonds. The van der Waals surface area contributed by atoms with Gasteiger partial charge in [0.15, 0.2) is 0 Å². The number of carbonyl (C=O) groups is 2. The monoisotopic (exact) mass is 243 g/mol. The highest BCUT2D eigenvalue weighted by Gasteiger charge is 2.47. The Morgan fingerprint density at radius 2 is 2.24 bits per heavy atom. The van der Waals surface area contributed by atoms with Crippen LogP contribution in [0.5, 0.6) is 0 Å². The van der Waals surface area contributed by atoms with Crippen molar-refractivity contribution in [2.75, 3.05) is 0 Å². The number of hydrogen-bond donors (Lipinski definition) is 2. The number of carboxylic acid groups (broad SMARTS) is 1. The Balaban J connectivity index is 1.79. The fourth-order valence-electron chi connectivity index (χ4n) is 2.52. The van der Waals surface area contributed by atoms with Crippen LogP contribution in [0, 0.1) is 0 Å². The maximum Gasteiger partial charge on any atom is 0.431 e. The molecule has 0 bridgehead atoms. The standard InChI is InChI=1S/C10H17N3O4/c11-13-8-6-5-7(12(8)10(16)17-13)3-1-2-4-9(14)15/h7-8H,1-6,11H2,(H,14,15). The van der Waals surface area contributed by atoms with Crippen molar-refractivity contribution in [2.45, 2.75) is 50.7 Å². The maximum absolute atomic E-state index is 11.5. The van der Waals surface area contributed by atoms with Gasteiger partial charge in [-0.15, -0.1) is 0 Å². The zero-order valence-corrected chi connectivity index (χ0v) is 9.54. The first-order valence-electron chi connectivity index (χ1n) is 5.85. The number of unbranched alkanes of at least 4 members (excludes halogenated alkanes) is 1. The Morgan fingerprint density at radius 1 is 1.47 bits per heavy atom. The molecule has 2 fully saturated rings. The molecule has 2 rings (SSSR count). The molecule has 2 saturated heterocycles. The molecule has 3 N–H and O–H groups in total. The third-order valence-electron chi connectivity index (χ3n) is 3.34. The zero-order chi connectivity index (χ0) is 12.4. The van der Waals surface area contributed by atoms with Crippen molar-refractivity contribution in [3.63, 3.8) is 0 Å². The van der Waals surface area contributed by atoms with Gasteiger partial charge in [0, 0.05) is 12.5 Å². The highest BCUT2D eigenvalue weighted by molar-refractivity contribution is 5.70. The number of amides is 1. The number of hydroxylamine groups is 1. The third-order valence-corrected chi connectivity index (χ3v) is 3.34. The van der Waals surface area contributed by atoms with Crippen molar-refractivity contribution in [2.24, 2.45) is 5.84 Å². The molecule has 7 heteroatoms. The van der Waals surface area contributed by atoms with E-state index in [1.807, 2.05) is 0 Å². The number of hydrogen-bond acceptors (Lipinski definition) is 5. The lowest BCUT2D eigenvalue weighted by atomic mass is 10.1. The molecule has 2 atom stereocenters. The van der Waals surface area contributed by atoms with Crippen molar-refractivity contribution in [1.29, 1.82) is 0 Å². The van der Waals surface area contributed by atoms with Crippen LogP contribution < -0.4 is 5.84 Å². The van der Waals surface area contributed by atoms with Crippen LogP contribution in [0.15, 0.2) is 0 Å². The van der Waals surface area contributed by atoms with E-state index in [0.29, 0.717) is 6.42 Å². The topological polar surface area (TPSA) is 96.1 Å². The van der Waals surface area contributed by atoms with Crippen LogP contribution in [0.1, 0.15) is 38.5 Å². The number of nitrogens with zero attached hydrogens (tertiary/aromatic N) is 2. The van der Waals surface area contributed by atoms with Gasteiger partial charge in [0.25, 0.3) is 0 Å². The first-order valence-corrected chi connectivity index (χ1v) is 5.85. The van der Waals surface area contributed by atoms with E-state index in [0.717, 1.165) is 30.9 Å². The first-order chi connectivity index (χ1) is 8.09. The summed E-state index contributed by atoms with van der Waals surface area (Å²) in [5, 5.41) is 9.64. The molecule has 0 saturated carbocycles. The van der Waals surface area contributed by atoms with E-state index in [9.17, 15) is 9.59 Å². The van der Waals surface area contributed by atoms with Gasteiger partial charge in [-0.05, 0) is 25.7 Å². The predicted octanol–water partition coefficient (Wildman–Crippen LogP) is 0.663. The van der Waals surface area contributed by atoms with E-state index < -0.39 is 12.1 Å². The molecule has 2 unspecified atom stereocenters. The van der Waals surface area contributed by atoms with E-state index in [-0.39, 0.29) is 18.6 Å². The van der Waals surface area contributed by atoms with Gasteiger partial charge in [0.1, 0.15) is 6.17 Å². The maximum atomic E-state index is 11.5. The molecule has 0 aromatic carbocycles. The third kappa shape index (κ3) is 2.50. The number of fused-ring (bicyclic) bond motifs is 1. The van der Waals surface area contributed by atoms with Gasteiger partial charge in [0.2, 0.25) is 0 Å². The zero-order valence-electron chi connectivity index (χ0n) is 9.54. The second-order valence-electron chi connectivity index (χ2n) is 4.48. The number of nitrogens with two attached hydrogens (primary N) is 1. The predicted molar refractivity (Wildman–Crippen MR) is 57.3 cm³/mol. The second kappa shape index (κ2) is 4.89. The minimum absolute atomic E-state index is 0.134. The van der Waals surface area contributed by atoms with Gasteiger partial charge >= 0.3 is 12.1 Å². The summed E-state index contributed by atoms with van der Waals surface area (Å²) in [4.78, 5) is 28.3. The highest BCUT2D eigenvalue weighted by Crippen LogP contribution is 2.33. The minimum atomic E-state index is -0.775. The number of carbonyl (C=O) groups excluding carboxylic acids is 1. The van der Waals surface area contributed by atoms with E-state index in [1.54, 1.807) is 4.90 Å². The summed E-state index contributed by atoms with van der Waals surface area (Å²) in [6, 6.07) is 0.134. The van der Waals surface area contributed by atoms with Crippen LogP contribution in [0.2, 0.25) is 0 Å². The van der Waals surface area contributed by atoms with Crippen LogP contribution in [-0.2, 0) is 9.63 Å². The van der Waals surface area contributed by atoms with Gasteiger partial charge in [-0.2, -0.15) is 0 Å². The molecular weight excluding hydrogens is 226 g/mol. The number of hydrazine groups is 1. The molecule has 2 aliphatic heterocycles. The Labute approximate surface area is 99.0 Å². The summed E-state index contributed by atoms with van der Waals surface area (Å²) in [6.07, 6.45) is 3.62. The summed E-state index contributed by atoms with van der Waals surface area (Å²) in [5.74, 6) is 4.76. The Bertz CT molecular complexity index is 323. The van der Waals surface area contributed by atoms with Crippen molar-refractivity contribution >= 4 is 12.1 Å². The van der Waals surface area contributed by atoms with E-state index >= 15 is 0 Å². The first kappa shape index (κ1) is 12.1. The van der Waals surface area contributed by atoms with Gasteiger partial charge in [-0.1, -0.05) is 11.6 Å². The second-order valence-corrected chi connectivity index (χ2v) is 4.48. The summed E-state index contributed by atoms with van der Waals surface area (Å²) in [6.45, 7) is 0. The lowest BCUT2D eigenvalue weighted by Gasteiger charge is -2.20. The lowest BCUT2D eigenvalue weighted by molar-refractivity contribution is -0.137. The van der Waals surface area contributed by atoms with Crippen LogP contribution in [0.25, 0.3) is 0 Å².